The third-order valence-corrected chi connectivity index (χ3v) is 2.59. The van der Waals surface area contributed by atoms with Gasteiger partial charge in [-0.2, -0.15) is 0 Å². The van der Waals surface area contributed by atoms with Crippen LogP contribution in [0.1, 0.15) is 11.6 Å². The zero-order chi connectivity index (χ0) is 12.3. The van der Waals surface area contributed by atoms with Gasteiger partial charge in [-0.05, 0) is 26.2 Å². The largest absolute Gasteiger partial charge is 0.496 e. The van der Waals surface area contributed by atoms with Gasteiger partial charge in [-0.1, -0.05) is 17.7 Å². The normalized spacial score (nSPS) is 12.6. The molecule has 1 rings (SSSR count). The summed E-state index contributed by atoms with van der Waals surface area (Å²) in [5.74, 6) is -0.481. The second kappa shape index (κ2) is 5.18. The van der Waals surface area contributed by atoms with E-state index in [0.29, 0.717) is 16.3 Å². The lowest BCUT2D eigenvalue weighted by molar-refractivity contribution is -0.142. The molecule has 16 heavy (non-hydrogen) atoms. The molecule has 1 atom stereocenters. The molecule has 0 fully saturated rings. The van der Waals surface area contributed by atoms with Crippen molar-refractivity contribution in [2.24, 2.45) is 0 Å². The van der Waals surface area contributed by atoms with E-state index in [0.717, 1.165) is 0 Å². The van der Waals surface area contributed by atoms with E-state index in [-0.39, 0.29) is 0 Å². The first-order valence-corrected chi connectivity index (χ1v) is 5.08. The molecule has 1 aromatic rings. The van der Waals surface area contributed by atoms with Crippen LogP contribution in [0.2, 0.25) is 5.02 Å². The molecule has 0 aliphatic heterocycles. The Morgan fingerprint density at radius 1 is 1.50 bits per heavy atom. The number of carboxylic acids is 1. The fourth-order valence-electron chi connectivity index (χ4n) is 1.56. The lowest BCUT2D eigenvalue weighted by atomic mass is 10.0. The number of carbonyl (C=O) groups is 1. The number of nitrogens with zero attached hydrogens (tertiary/aromatic N) is 1. The van der Waals surface area contributed by atoms with Gasteiger partial charge in [-0.3, -0.25) is 9.69 Å². The predicted octanol–water partition coefficient (Wildman–Crippen LogP) is 2.04. The smallest absolute Gasteiger partial charge is 0.325 e. The second-order valence-electron chi connectivity index (χ2n) is 3.56. The van der Waals surface area contributed by atoms with Crippen molar-refractivity contribution in [1.82, 2.24) is 4.90 Å². The Bertz CT molecular complexity index is 393. The molecule has 0 amide bonds. The Hall–Kier alpha value is -1.26. The zero-order valence-corrected chi connectivity index (χ0v) is 10.2. The molecule has 5 heteroatoms. The number of likely N-dealkylation sites (N-methyl/N-ethyl adjacent to an activating group) is 1. The topological polar surface area (TPSA) is 49.8 Å². The molecule has 1 unspecified atom stereocenters. The molecule has 0 aromatic heterocycles. The van der Waals surface area contributed by atoms with Crippen LogP contribution < -0.4 is 4.74 Å². The first-order chi connectivity index (χ1) is 7.49. The first-order valence-electron chi connectivity index (χ1n) is 4.70. The van der Waals surface area contributed by atoms with Crippen molar-refractivity contribution in [3.8, 4) is 5.75 Å². The molecule has 0 heterocycles. The fraction of sp³-hybridized carbons (Fsp3) is 0.364. The summed E-state index contributed by atoms with van der Waals surface area (Å²) in [4.78, 5) is 12.8. The summed E-state index contributed by atoms with van der Waals surface area (Å²) in [7, 11) is 4.85. The summed E-state index contributed by atoms with van der Waals surface area (Å²) in [6.45, 7) is 0. The number of ether oxygens (including phenoxy) is 1. The molecule has 0 bridgehead atoms. The van der Waals surface area contributed by atoms with Gasteiger partial charge < -0.3 is 9.84 Å². The van der Waals surface area contributed by atoms with Gasteiger partial charge in [0, 0.05) is 10.6 Å². The van der Waals surface area contributed by atoms with E-state index >= 15 is 0 Å². The molecule has 0 aliphatic carbocycles. The quantitative estimate of drug-likeness (QED) is 0.879. The van der Waals surface area contributed by atoms with Crippen molar-refractivity contribution < 1.29 is 14.6 Å². The van der Waals surface area contributed by atoms with E-state index < -0.39 is 12.0 Å². The van der Waals surface area contributed by atoms with Crippen LogP contribution in [0.15, 0.2) is 18.2 Å². The monoisotopic (exact) mass is 243 g/mol. The van der Waals surface area contributed by atoms with Gasteiger partial charge >= 0.3 is 5.97 Å². The standard InChI is InChI=1S/C11H14ClNO3/c1-13(2)10(11(14)15)9-7(12)5-4-6-8(9)16-3/h4-6,10H,1-3H3,(H,14,15). The molecule has 0 spiro atoms. The maximum atomic E-state index is 11.2. The molecular formula is C11H14ClNO3. The van der Waals surface area contributed by atoms with Crippen molar-refractivity contribution in [2.75, 3.05) is 21.2 Å². The summed E-state index contributed by atoms with van der Waals surface area (Å²) in [5, 5.41) is 9.57. The minimum absolute atomic E-state index is 0.389. The molecule has 0 aliphatic rings. The molecule has 0 saturated heterocycles. The van der Waals surface area contributed by atoms with Crippen LogP contribution in [0, 0.1) is 0 Å². The minimum Gasteiger partial charge on any atom is -0.496 e. The Labute approximate surface area is 99.4 Å². The summed E-state index contributed by atoms with van der Waals surface area (Å²) < 4.78 is 5.13. The summed E-state index contributed by atoms with van der Waals surface area (Å²) in [6, 6.07) is 4.25. The van der Waals surface area contributed by atoms with E-state index in [2.05, 4.69) is 0 Å². The first kappa shape index (κ1) is 12.8. The zero-order valence-electron chi connectivity index (χ0n) is 9.40. The number of aliphatic carboxylic acids is 1. The Kier molecular flexibility index (Phi) is 4.15. The average Bonchev–Trinajstić information content (AvgIpc) is 2.19. The second-order valence-corrected chi connectivity index (χ2v) is 3.97. The summed E-state index contributed by atoms with van der Waals surface area (Å²) in [6.07, 6.45) is 0. The lowest BCUT2D eigenvalue weighted by Crippen LogP contribution is -2.28. The van der Waals surface area contributed by atoms with E-state index in [9.17, 15) is 9.90 Å². The number of halogens is 1. The van der Waals surface area contributed by atoms with Gasteiger partial charge in [0.1, 0.15) is 11.8 Å². The van der Waals surface area contributed by atoms with Crippen LogP contribution >= 0.6 is 11.6 Å². The number of carboxylic acid groups (broad SMARTS) is 1. The van der Waals surface area contributed by atoms with Gasteiger partial charge in [-0.25, -0.2) is 0 Å². The molecule has 0 saturated carbocycles. The van der Waals surface area contributed by atoms with Crippen LogP contribution in [0.3, 0.4) is 0 Å². The van der Waals surface area contributed by atoms with Gasteiger partial charge in [0.15, 0.2) is 0 Å². The number of benzene rings is 1. The van der Waals surface area contributed by atoms with Crippen LogP contribution in [0.5, 0.6) is 5.75 Å². The third-order valence-electron chi connectivity index (χ3n) is 2.26. The molecule has 0 radical (unpaired) electrons. The van der Waals surface area contributed by atoms with Crippen LogP contribution in [-0.2, 0) is 4.79 Å². The Morgan fingerprint density at radius 3 is 2.56 bits per heavy atom. The number of methoxy groups -OCH3 is 1. The summed E-state index contributed by atoms with van der Waals surface area (Å²) >= 11 is 6.02. The summed E-state index contributed by atoms with van der Waals surface area (Å²) in [5.41, 5.74) is 0.476. The SMILES string of the molecule is COc1cccc(Cl)c1C(C(=O)O)N(C)C. The highest BCUT2D eigenvalue weighted by Gasteiger charge is 2.27. The van der Waals surface area contributed by atoms with E-state index in [1.165, 1.54) is 7.11 Å². The van der Waals surface area contributed by atoms with Gasteiger partial charge in [0.05, 0.1) is 7.11 Å². The third kappa shape index (κ3) is 2.46. The van der Waals surface area contributed by atoms with Crippen LogP contribution in [0.4, 0.5) is 0 Å². The van der Waals surface area contributed by atoms with Crippen LogP contribution in [-0.4, -0.2) is 37.2 Å². The molecule has 1 N–H and O–H groups in total. The number of hydrogen-bond donors (Lipinski definition) is 1. The Morgan fingerprint density at radius 2 is 2.12 bits per heavy atom. The minimum atomic E-state index is -0.962. The Balaban J connectivity index is 3.33. The maximum absolute atomic E-state index is 11.2. The van der Waals surface area contributed by atoms with Gasteiger partial charge in [0.2, 0.25) is 0 Å². The van der Waals surface area contributed by atoms with E-state index in [1.54, 1.807) is 37.2 Å². The highest BCUT2D eigenvalue weighted by atomic mass is 35.5. The van der Waals surface area contributed by atoms with Crippen molar-refractivity contribution in [2.45, 2.75) is 6.04 Å². The fourth-order valence-corrected chi connectivity index (χ4v) is 1.83. The number of rotatable bonds is 4. The highest BCUT2D eigenvalue weighted by molar-refractivity contribution is 6.31. The van der Waals surface area contributed by atoms with Crippen LogP contribution in [0.25, 0.3) is 0 Å². The average molecular weight is 244 g/mol. The van der Waals surface area contributed by atoms with Crippen molar-refractivity contribution in [3.63, 3.8) is 0 Å². The van der Waals surface area contributed by atoms with E-state index in [1.807, 2.05) is 0 Å². The molecule has 88 valence electrons. The van der Waals surface area contributed by atoms with Crippen molar-refractivity contribution in [3.05, 3.63) is 28.8 Å². The molecule has 1 aromatic carbocycles. The van der Waals surface area contributed by atoms with Gasteiger partial charge in [-0.15, -0.1) is 0 Å². The van der Waals surface area contributed by atoms with Crippen molar-refractivity contribution in [1.29, 1.82) is 0 Å². The van der Waals surface area contributed by atoms with E-state index in [4.69, 9.17) is 16.3 Å². The maximum Gasteiger partial charge on any atom is 0.325 e. The lowest BCUT2D eigenvalue weighted by Gasteiger charge is -2.23. The molecule has 4 nitrogen and oxygen atoms in total. The van der Waals surface area contributed by atoms with Crippen molar-refractivity contribution >= 4 is 17.6 Å². The highest BCUT2D eigenvalue weighted by Crippen LogP contribution is 2.34. The van der Waals surface area contributed by atoms with Gasteiger partial charge in [0.25, 0.3) is 0 Å². The molecular weight excluding hydrogens is 230 g/mol. The predicted molar refractivity (Wildman–Crippen MR) is 62.1 cm³/mol. The number of hydrogen-bond acceptors (Lipinski definition) is 3.